The Morgan fingerprint density at radius 3 is 2.24 bits per heavy atom. The van der Waals surface area contributed by atoms with E-state index in [0.717, 1.165) is 0 Å². The Kier molecular flexibility index (Phi) is 6.06. The molecular formula is C20H22N2O3. The van der Waals surface area contributed by atoms with Gasteiger partial charge in [0.25, 0.3) is 0 Å². The number of ketones is 2. The van der Waals surface area contributed by atoms with Crippen molar-refractivity contribution in [3.8, 4) is 0 Å². The summed E-state index contributed by atoms with van der Waals surface area (Å²) in [5.74, 6) is -0.893. The van der Waals surface area contributed by atoms with Crippen molar-refractivity contribution in [1.82, 2.24) is 10.2 Å². The number of nitrogens with one attached hydrogen (secondary N) is 1. The van der Waals surface area contributed by atoms with Crippen molar-refractivity contribution in [2.45, 2.75) is 19.8 Å². The van der Waals surface area contributed by atoms with Gasteiger partial charge in [-0.2, -0.15) is 0 Å². The fraction of sp³-hybridized carbons (Fsp3) is 0.250. The molecule has 130 valence electrons. The summed E-state index contributed by atoms with van der Waals surface area (Å²) in [6, 6.07) is 6.67. The van der Waals surface area contributed by atoms with Gasteiger partial charge in [0.15, 0.2) is 0 Å². The van der Waals surface area contributed by atoms with Gasteiger partial charge >= 0.3 is 0 Å². The Balaban J connectivity index is 2.56. The molecule has 1 aromatic carbocycles. The van der Waals surface area contributed by atoms with Gasteiger partial charge in [0.1, 0.15) is 11.4 Å². The van der Waals surface area contributed by atoms with E-state index in [9.17, 15) is 14.4 Å². The summed E-state index contributed by atoms with van der Waals surface area (Å²) in [7, 11) is 0. The predicted molar refractivity (Wildman–Crippen MR) is 97.1 cm³/mol. The molecule has 0 bridgehead atoms. The number of Topliss-reactive ketones (excluding diaryl/α,β-unsaturated/α-hetero) is 2. The highest BCUT2D eigenvalue weighted by molar-refractivity contribution is 6.27. The molecule has 0 aromatic heterocycles. The number of allylic oxidation sites excluding steroid dienone is 2. The number of hydrogen-bond donors (Lipinski definition) is 1. The van der Waals surface area contributed by atoms with Gasteiger partial charge in [-0.05, 0) is 12.8 Å². The van der Waals surface area contributed by atoms with Gasteiger partial charge in [-0.25, -0.2) is 0 Å². The molecule has 0 saturated carbocycles. The highest BCUT2D eigenvalue weighted by Gasteiger charge is 2.36. The van der Waals surface area contributed by atoms with Gasteiger partial charge < -0.3 is 10.2 Å². The lowest BCUT2D eigenvalue weighted by atomic mass is 9.89. The zero-order chi connectivity index (χ0) is 18.4. The summed E-state index contributed by atoms with van der Waals surface area (Å²) < 4.78 is 0. The van der Waals surface area contributed by atoms with Crippen LogP contribution >= 0.6 is 0 Å². The Labute approximate surface area is 147 Å². The lowest BCUT2D eigenvalue weighted by Crippen LogP contribution is -2.41. The molecule has 0 saturated heterocycles. The van der Waals surface area contributed by atoms with Crippen molar-refractivity contribution >= 4 is 17.5 Å². The summed E-state index contributed by atoms with van der Waals surface area (Å²) in [5, 5.41) is 3.02. The van der Waals surface area contributed by atoms with E-state index in [0.29, 0.717) is 37.1 Å². The summed E-state index contributed by atoms with van der Waals surface area (Å²) in [6.45, 7) is 9.44. The maximum Gasteiger partial charge on any atom is 0.224 e. The number of rotatable bonds is 8. The molecule has 0 atom stereocenters. The Morgan fingerprint density at radius 1 is 1.08 bits per heavy atom. The number of amides is 1. The van der Waals surface area contributed by atoms with E-state index < -0.39 is 0 Å². The van der Waals surface area contributed by atoms with Crippen LogP contribution in [-0.4, -0.2) is 35.5 Å². The Bertz CT molecular complexity index is 762. The second-order valence-electron chi connectivity index (χ2n) is 5.68. The third-order valence-electron chi connectivity index (χ3n) is 3.95. The molecule has 0 aliphatic heterocycles. The SMILES string of the molecule is C=CCCNC1=C(N(CCC=C)C(C)=O)C(=O)c2ccccc2C1=O. The average molecular weight is 338 g/mol. The molecule has 1 aliphatic rings. The quantitative estimate of drug-likeness (QED) is 0.585. The summed E-state index contributed by atoms with van der Waals surface area (Å²) >= 11 is 0. The molecule has 1 aliphatic carbocycles. The van der Waals surface area contributed by atoms with Gasteiger partial charge in [-0.1, -0.05) is 36.4 Å². The maximum absolute atomic E-state index is 13.0. The zero-order valence-corrected chi connectivity index (χ0v) is 14.4. The standard InChI is InChI=1S/C20H22N2O3/c1-4-6-12-21-17-18(22(14(3)23)13-7-5-2)20(25)16-11-9-8-10-15(16)19(17)24/h4-5,8-11,21H,1-2,6-7,12-13H2,3H3. The maximum atomic E-state index is 13.0. The van der Waals surface area contributed by atoms with E-state index in [4.69, 9.17) is 0 Å². The molecule has 1 aromatic rings. The monoisotopic (exact) mass is 338 g/mol. The minimum Gasteiger partial charge on any atom is -0.380 e. The first kappa shape index (κ1) is 18.4. The van der Waals surface area contributed by atoms with Crippen molar-refractivity contribution in [2.24, 2.45) is 0 Å². The Hall–Kier alpha value is -2.95. The van der Waals surface area contributed by atoms with Crippen LogP contribution in [0.3, 0.4) is 0 Å². The summed E-state index contributed by atoms with van der Waals surface area (Å²) in [6.07, 6.45) is 4.54. The zero-order valence-electron chi connectivity index (χ0n) is 14.4. The molecule has 5 nitrogen and oxygen atoms in total. The van der Waals surface area contributed by atoms with Crippen molar-refractivity contribution < 1.29 is 14.4 Å². The van der Waals surface area contributed by atoms with Gasteiger partial charge in [0.2, 0.25) is 17.5 Å². The smallest absolute Gasteiger partial charge is 0.224 e. The molecule has 1 N–H and O–H groups in total. The van der Waals surface area contributed by atoms with Gasteiger partial charge in [-0.15, -0.1) is 13.2 Å². The van der Waals surface area contributed by atoms with Crippen molar-refractivity contribution in [1.29, 1.82) is 0 Å². The van der Waals surface area contributed by atoms with Crippen LogP contribution in [0.1, 0.15) is 40.5 Å². The minimum atomic E-state index is -0.324. The third kappa shape index (κ3) is 3.76. The van der Waals surface area contributed by atoms with Gasteiger partial charge in [-0.3, -0.25) is 14.4 Å². The van der Waals surface area contributed by atoms with Crippen LogP contribution in [0.25, 0.3) is 0 Å². The van der Waals surface area contributed by atoms with E-state index in [1.807, 2.05) is 0 Å². The van der Waals surface area contributed by atoms with Crippen molar-refractivity contribution in [3.05, 3.63) is 72.1 Å². The summed E-state index contributed by atoms with van der Waals surface area (Å²) in [4.78, 5) is 39.4. The third-order valence-corrected chi connectivity index (χ3v) is 3.95. The first-order valence-electron chi connectivity index (χ1n) is 8.19. The van der Waals surface area contributed by atoms with Gasteiger partial charge in [0.05, 0.1) is 0 Å². The number of fused-ring (bicyclic) bond motifs is 1. The van der Waals surface area contributed by atoms with Crippen LogP contribution in [0.4, 0.5) is 0 Å². The molecule has 0 spiro atoms. The van der Waals surface area contributed by atoms with E-state index in [-0.39, 0.29) is 28.9 Å². The minimum absolute atomic E-state index is 0.113. The molecule has 25 heavy (non-hydrogen) atoms. The molecule has 1 amide bonds. The van der Waals surface area contributed by atoms with Crippen LogP contribution in [0, 0.1) is 0 Å². The first-order chi connectivity index (χ1) is 12.0. The molecule has 2 rings (SSSR count). The highest BCUT2D eigenvalue weighted by atomic mass is 16.2. The average Bonchev–Trinajstić information content (AvgIpc) is 2.61. The molecule has 0 heterocycles. The van der Waals surface area contributed by atoms with Crippen molar-refractivity contribution in [3.63, 3.8) is 0 Å². The normalized spacial score (nSPS) is 13.3. The largest absolute Gasteiger partial charge is 0.380 e. The highest BCUT2D eigenvalue weighted by Crippen LogP contribution is 2.27. The van der Waals surface area contributed by atoms with E-state index >= 15 is 0 Å². The number of carbonyl (C=O) groups is 3. The van der Waals surface area contributed by atoms with Gasteiger partial charge in [0, 0.05) is 31.1 Å². The van der Waals surface area contributed by atoms with Crippen LogP contribution in [0.2, 0.25) is 0 Å². The lowest BCUT2D eigenvalue weighted by Gasteiger charge is -2.29. The number of nitrogens with zero attached hydrogens (tertiary/aromatic N) is 1. The molecule has 5 heteroatoms. The second-order valence-corrected chi connectivity index (χ2v) is 5.68. The number of hydrogen-bond acceptors (Lipinski definition) is 4. The Morgan fingerprint density at radius 2 is 1.68 bits per heavy atom. The van der Waals surface area contributed by atoms with E-state index in [2.05, 4.69) is 18.5 Å². The predicted octanol–water partition coefficient (Wildman–Crippen LogP) is 2.87. The number of carbonyl (C=O) groups excluding carboxylic acids is 3. The summed E-state index contributed by atoms with van der Waals surface area (Å²) in [5.41, 5.74) is 0.957. The second kappa shape index (κ2) is 8.24. The van der Waals surface area contributed by atoms with Crippen LogP contribution in [-0.2, 0) is 4.79 Å². The molecular weight excluding hydrogens is 316 g/mol. The fourth-order valence-corrected chi connectivity index (χ4v) is 2.73. The van der Waals surface area contributed by atoms with Crippen LogP contribution in [0.15, 0.2) is 61.0 Å². The molecule has 0 radical (unpaired) electrons. The van der Waals surface area contributed by atoms with E-state index in [1.54, 1.807) is 36.4 Å². The van der Waals surface area contributed by atoms with Crippen LogP contribution < -0.4 is 5.32 Å². The van der Waals surface area contributed by atoms with E-state index in [1.165, 1.54) is 11.8 Å². The molecule has 0 fully saturated rings. The van der Waals surface area contributed by atoms with Crippen LogP contribution in [0.5, 0.6) is 0 Å². The van der Waals surface area contributed by atoms with Crippen molar-refractivity contribution in [2.75, 3.05) is 13.1 Å². The molecule has 0 unspecified atom stereocenters. The first-order valence-corrected chi connectivity index (χ1v) is 8.19. The lowest BCUT2D eigenvalue weighted by molar-refractivity contribution is -0.126. The number of benzene rings is 1. The topological polar surface area (TPSA) is 66.5 Å². The fourth-order valence-electron chi connectivity index (χ4n) is 2.73.